The maximum Gasteiger partial charge on any atom is 0.280 e. The van der Waals surface area contributed by atoms with E-state index in [1.165, 1.54) is 16.5 Å². The summed E-state index contributed by atoms with van der Waals surface area (Å²) < 4.78 is 7.95. The first-order valence-corrected chi connectivity index (χ1v) is 11.5. The van der Waals surface area contributed by atoms with Gasteiger partial charge >= 0.3 is 0 Å². The molecule has 2 heterocycles. The van der Waals surface area contributed by atoms with Gasteiger partial charge in [0.1, 0.15) is 0 Å². The quantitative estimate of drug-likeness (QED) is 0.355. The lowest BCUT2D eigenvalue weighted by Crippen LogP contribution is -2.34. The number of rotatable bonds is 5. The van der Waals surface area contributed by atoms with Gasteiger partial charge < -0.3 is 20.4 Å². The van der Waals surface area contributed by atoms with Crippen LogP contribution in [0.5, 0.6) is 0 Å². The Balaban J connectivity index is 1.40. The zero-order chi connectivity index (χ0) is 22.6. The molecule has 1 amide bonds. The van der Waals surface area contributed by atoms with Crippen molar-refractivity contribution in [3.8, 4) is 0 Å². The number of aromatic nitrogens is 1. The van der Waals surface area contributed by atoms with Crippen LogP contribution in [0.25, 0.3) is 21.8 Å². The lowest BCUT2D eigenvalue weighted by Gasteiger charge is -2.25. The maximum atomic E-state index is 12.9. The monoisotopic (exact) mass is 440 g/mol. The van der Waals surface area contributed by atoms with E-state index in [0.717, 1.165) is 43.4 Å². The van der Waals surface area contributed by atoms with E-state index in [1.54, 1.807) is 0 Å². The Morgan fingerprint density at radius 2 is 1.70 bits per heavy atom. The molecule has 0 atom stereocenters. The first-order valence-electron chi connectivity index (χ1n) is 11.5. The van der Waals surface area contributed by atoms with Gasteiger partial charge in [-0.2, -0.15) is 4.99 Å². The van der Waals surface area contributed by atoms with Crippen molar-refractivity contribution in [2.45, 2.75) is 25.3 Å². The zero-order valence-electron chi connectivity index (χ0n) is 18.5. The van der Waals surface area contributed by atoms with Crippen LogP contribution in [0.15, 0.2) is 77.8 Å². The molecule has 6 heteroatoms. The number of nitrogens with zero attached hydrogens (tertiary/aromatic N) is 2. The molecule has 3 aromatic carbocycles. The fourth-order valence-corrected chi connectivity index (χ4v) is 4.66. The molecular formula is C27H28N4O2. The summed E-state index contributed by atoms with van der Waals surface area (Å²) in [5, 5.41) is 5.38. The molecule has 6 nitrogen and oxygen atoms in total. The Kier molecular flexibility index (Phi) is 6.09. The summed E-state index contributed by atoms with van der Waals surface area (Å²) in [5.41, 5.74) is 9.98. The second-order valence-electron chi connectivity index (χ2n) is 8.43. The Morgan fingerprint density at radius 3 is 2.52 bits per heavy atom. The molecule has 0 saturated carbocycles. The molecule has 1 saturated heterocycles. The number of nitrogens with one attached hydrogen (secondary N) is 1. The topological polar surface area (TPSA) is 81.6 Å². The molecular weight excluding hydrogens is 412 g/mol. The summed E-state index contributed by atoms with van der Waals surface area (Å²) in [7, 11) is 0. The van der Waals surface area contributed by atoms with Gasteiger partial charge in [-0.1, -0.05) is 54.6 Å². The largest absolute Gasteiger partial charge is 0.381 e. The summed E-state index contributed by atoms with van der Waals surface area (Å²) in [6, 6.07) is 24.7. The van der Waals surface area contributed by atoms with E-state index >= 15 is 0 Å². The third-order valence-corrected chi connectivity index (χ3v) is 6.30. The lowest BCUT2D eigenvalue weighted by atomic mass is 10.1. The number of carbonyl (C=O) groups is 1. The predicted octanol–water partition coefficient (Wildman–Crippen LogP) is 4.43. The fraction of sp³-hybridized carbons (Fsp3) is 0.259. The van der Waals surface area contributed by atoms with Gasteiger partial charge in [0.2, 0.25) is 0 Å². The number of carbonyl (C=O) groups excluding carboxylic acids is 1. The first kappa shape index (κ1) is 21.2. The second-order valence-corrected chi connectivity index (χ2v) is 8.43. The van der Waals surface area contributed by atoms with E-state index in [9.17, 15) is 4.79 Å². The Morgan fingerprint density at radius 1 is 0.970 bits per heavy atom. The summed E-state index contributed by atoms with van der Waals surface area (Å²) in [4.78, 5) is 17.0. The van der Waals surface area contributed by atoms with Crippen molar-refractivity contribution < 1.29 is 9.53 Å². The molecule has 0 spiro atoms. The van der Waals surface area contributed by atoms with Crippen LogP contribution in [0.1, 0.15) is 34.8 Å². The third-order valence-electron chi connectivity index (χ3n) is 6.30. The minimum Gasteiger partial charge on any atom is -0.381 e. The molecule has 0 aliphatic carbocycles. The van der Waals surface area contributed by atoms with Gasteiger partial charge in [0.15, 0.2) is 5.96 Å². The molecule has 5 rings (SSSR count). The average Bonchev–Trinajstić information content (AvgIpc) is 3.19. The van der Waals surface area contributed by atoms with Gasteiger partial charge in [-0.05, 0) is 43.0 Å². The molecule has 0 radical (unpaired) electrons. The highest BCUT2D eigenvalue weighted by Gasteiger charge is 2.21. The number of guanidine groups is 1. The molecule has 1 aliphatic rings. The van der Waals surface area contributed by atoms with Crippen molar-refractivity contribution in [3.63, 3.8) is 0 Å². The van der Waals surface area contributed by atoms with Gasteiger partial charge in [0, 0.05) is 47.7 Å². The van der Waals surface area contributed by atoms with Crippen molar-refractivity contribution in [2.75, 3.05) is 19.8 Å². The predicted molar refractivity (Wildman–Crippen MR) is 133 cm³/mol. The van der Waals surface area contributed by atoms with Gasteiger partial charge in [-0.3, -0.25) is 4.79 Å². The molecule has 0 unspecified atom stereocenters. The summed E-state index contributed by atoms with van der Waals surface area (Å²) in [5.74, 6) is -0.202. The molecule has 168 valence electrons. The molecule has 0 bridgehead atoms. The lowest BCUT2D eigenvalue weighted by molar-refractivity contribution is 0.0717. The second kappa shape index (κ2) is 9.46. The van der Waals surface area contributed by atoms with Crippen LogP contribution in [0.3, 0.4) is 0 Å². The molecule has 1 aromatic heterocycles. The Bertz CT molecular complexity index is 1300. The van der Waals surface area contributed by atoms with Crippen LogP contribution in [0.2, 0.25) is 0 Å². The third kappa shape index (κ3) is 4.47. The zero-order valence-corrected chi connectivity index (χ0v) is 18.5. The number of aliphatic imine (C=N–C) groups is 1. The number of fused-ring (bicyclic) bond motifs is 3. The SMILES string of the molecule is N/C(=N\C(=O)c1ccc2c3ccccc3n(C3CCOCC3)c2c1)NCCc1ccccc1. The molecule has 4 aromatic rings. The van der Waals surface area contributed by atoms with E-state index in [2.05, 4.69) is 51.3 Å². The average molecular weight is 441 g/mol. The minimum atomic E-state index is -0.342. The normalized spacial score (nSPS) is 15.2. The first-order chi connectivity index (χ1) is 16.2. The van der Waals surface area contributed by atoms with E-state index in [1.807, 2.05) is 36.4 Å². The van der Waals surface area contributed by atoms with Crippen molar-refractivity contribution >= 4 is 33.7 Å². The smallest absolute Gasteiger partial charge is 0.280 e. The highest BCUT2D eigenvalue weighted by Crippen LogP contribution is 2.35. The number of hydrogen-bond donors (Lipinski definition) is 2. The van der Waals surface area contributed by atoms with Gasteiger partial charge in [-0.25, -0.2) is 0 Å². The van der Waals surface area contributed by atoms with Crippen molar-refractivity contribution in [2.24, 2.45) is 10.7 Å². The van der Waals surface area contributed by atoms with E-state index in [0.29, 0.717) is 18.2 Å². The molecule has 3 N–H and O–H groups in total. The molecule has 33 heavy (non-hydrogen) atoms. The summed E-state index contributed by atoms with van der Waals surface area (Å²) >= 11 is 0. The van der Waals surface area contributed by atoms with Crippen molar-refractivity contribution in [3.05, 3.63) is 83.9 Å². The van der Waals surface area contributed by atoms with Gasteiger partial charge in [-0.15, -0.1) is 0 Å². The Hall–Kier alpha value is -3.64. The number of amides is 1. The number of nitrogens with two attached hydrogens (primary N) is 1. The van der Waals surface area contributed by atoms with Gasteiger partial charge in [0.05, 0.1) is 5.52 Å². The van der Waals surface area contributed by atoms with Gasteiger partial charge in [0.25, 0.3) is 5.91 Å². The minimum absolute atomic E-state index is 0.140. The highest BCUT2D eigenvalue weighted by molar-refractivity contribution is 6.11. The molecule has 1 aliphatic heterocycles. The van der Waals surface area contributed by atoms with E-state index < -0.39 is 0 Å². The van der Waals surface area contributed by atoms with Crippen LogP contribution in [0.4, 0.5) is 0 Å². The van der Waals surface area contributed by atoms with Crippen LogP contribution < -0.4 is 11.1 Å². The van der Waals surface area contributed by atoms with Crippen LogP contribution >= 0.6 is 0 Å². The fourth-order valence-electron chi connectivity index (χ4n) is 4.66. The maximum absolute atomic E-state index is 12.9. The number of benzene rings is 3. The van der Waals surface area contributed by atoms with Crippen molar-refractivity contribution in [1.29, 1.82) is 0 Å². The van der Waals surface area contributed by atoms with Crippen LogP contribution in [-0.2, 0) is 11.2 Å². The summed E-state index contributed by atoms with van der Waals surface area (Å²) in [6.45, 7) is 2.13. The Labute approximate surface area is 193 Å². The van der Waals surface area contributed by atoms with Crippen molar-refractivity contribution in [1.82, 2.24) is 9.88 Å². The number of ether oxygens (including phenoxy) is 1. The number of hydrogen-bond acceptors (Lipinski definition) is 2. The number of para-hydroxylation sites is 1. The van der Waals surface area contributed by atoms with Crippen LogP contribution in [0, 0.1) is 0 Å². The van der Waals surface area contributed by atoms with E-state index in [-0.39, 0.29) is 11.9 Å². The molecule has 1 fully saturated rings. The summed E-state index contributed by atoms with van der Waals surface area (Å²) in [6.07, 6.45) is 2.73. The van der Waals surface area contributed by atoms with Crippen LogP contribution in [-0.4, -0.2) is 36.2 Å². The highest BCUT2D eigenvalue weighted by atomic mass is 16.5. The van der Waals surface area contributed by atoms with E-state index in [4.69, 9.17) is 10.5 Å². The standard InChI is InChI=1S/C27H28N4O2/c28-27(29-15-12-19-6-2-1-3-7-19)30-26(32)20-10-11-23-22-8-4-5-9-24(22)31(25(23)18-20)21-13-16-33-17-14-21/h1-11,18,21H,12-17H2,(H3,28,29,30,32).